The summed E-state index contributed by atoms with van der Waals surface area (Å²) in [5.41, 5.74) is 6.94. The van der Waals surface area contributed by atoms with Crippen molar-refractivity contribution in [2.45, 2.75) is 49.5 Å². The van der Waals surface area contributed by atoms with E-state index in [1.54, 1.807) is 0 Å². The normalized spacial score (nSPS) is 24.9. The third-order valence-corrected chi connectivity index (χ3v) is 5.40. The van der Waals surface area contributed by atoms with Gasteiger partial charge in [0.1, 0.15) is 0 Å². The highest BCUT2D eigenvalue weighted by atomic mass is 32.2. The molecule has 2 nitrogen and oxygen atoms in total. The first kappa shape index (κ1) is 14.4. The fourth-order valence-corrected chi connectivity index (χ4v) is 4.64. The molecule has 0 amide bonds. The second kappa shape index (κ2) is 6.99. The minimum Gasteiger partial charge on any atom is -0.388 e. The van der Waals surface area contributed by atoms with Gasteiger partial charge in [0.15, 0.2) is 0 Å². The molecule has 3 heteroatoms. The van der Waals surface area contributed by atoms with Crippen molar-refractivity contribution in [2.75, 3.05) is 0 Å². The topological polar surface area (TPSA) is 49.9 Å². The van der Waals surface area contributed by atoms with E-state index in [1.807, 2.05) is 17.8 Å². The van der Waals surface area contributed by atoms with Crippen LogP contribution in [0, 0.1) is 11.3 Å². The van der Waals surface area contributed by atoms with Crippen LogP contribution >= 0.6 is 11.8 Å². The smallest absolute Gasteiger partial charge is 0.0919 e. The van der Waals surface area contributed by atoms with E-state index < -0.39 is 0 Å². The van der Waals surface area contributed by atoms with Gasteiger partial charge in [-0.05, 0) is 24.3 Å². The Morgan fingerprint density at radius 3 is 2.74 bits per heavy atom. The van der Waals surface area contributed by atoms with E-state index in [-0.39, 0.29) is 0 Å². The van der Waals surface area contributed by atoms with Crippen molar-refractivity contribution in [3.8, 4) is 0 Å². The van der Waals surface area contributed by atoms with Gasteiger partial charge in [-0.3, -0.25) is 5.41 Å². The molecule has 1 aromatic rings. The Hall–Kier alpha value is -0.960. The van der Waals surface area contributed by atoms with Gasteiger partial charge in [0.2, 0.25) is 0 Å². The molecule has 3 N–H and O–H groups in total. The number of nitrogens with two attached hydrogens (primary N) is 1. The van der Waals surface area contributed by atoms with E-state index in [1.165, 1.54) is 31.2 Å². The van der Waals surface area contributed by atoms with Crippen LogP contribution in [-0.2, 0) is 0 Å². The number of hydrogen-bond acceptors (Lipinski definition) is 2. The van der Waals surface area contributed by atoms with Gasteiger partial charge in [-0.1, -0.05) is 50.1 Å². The van der Waals surface area contributed by atoms with Crippen molar-refractivity contribution >= 4 is 17.6 Å². The summed E-state index contributed by atoms with van der Waals surface area (Å²) in [6.45, 7) is 2.36. The molecule has 1 saturated carbocycles. The zero-order chi connectivity index (χ0) is 13.7. The van der Waals surface area contributed by atoms with Crippen molar-refractivity contribution in [3.05, 3.63) is 35.9 Å². The summed E-state index contributed by atoms with van der Waals surface area (Å²) in [5.74, 6) is 1.14. The minimum absolute atomic E-state index is 0.296. The van der Waals surface area contributed by atoms with Crippen LogP contribution in [0.4, 0.5) is 0 Å². The highest BCUT2D eigenvalue weighted by Crippen LogP contribution is 2.41. The molecule has 104 valence electrons. The Morgan fingerprint density at radius 1 is 1.37 bits per heavy atom. The summed E-state index contributed by atoms with van der Waals surface area (Å²) >= 11 is 2.03. The largest absolute Gasteiger partial charge is 0.388 e. The molecule has 1 aromatic carbocycles. The van der Waals surface area contributed by atoms with Crippen molar-refractivity contribution in [1.29, 1.82) is 5.41 Å². The highest BCUT2D eigenvalue weighted by Gasteiger charge is 2.24. The standard InChI is InChI=1S/C16H24N2S/c1-12-6-5-9-14(10-12)19-15(11-16(17)18)13-7-3-2-4-8-13/h2-4,7-8,12,14-15H,5-6,9-11H2,1H3,(H3,17,18). The van der Waals surface area contributed by atoms with E-state index in [9.17, 15) is 0 Å². The van der Waals surface area contributed by atoms with Crippen LogP contribution in [0.2, 0.25) is 0 Å². The van der Waals surface area contributed by atoms with Gasteiger partial charge in [0.25, 0.3) is 0 Å². The minimum atomic E-state index is 0.296. The lowest BCUT2D eigenvalue weighted by atomic mass is 9.90. The lowest BCUT2D eigenvalue weighted by Gasteiger charge is -2.29. The van der Waals surface area contributed by atoms with Gasteiger partial charge < -0.3 is 5.73 Å². The fourth-order valence-electron chi connectivity index (χ4n) is 2.85. The number of hydrogen-bond donors (Lipinski definition) is 2. The summed E-state index contributed by atoms with van der Waals surface area (Å²) in [6, 6.07) is 10.5. The molecule has 2 rings (SSSR count). The molecule has 0 radical (unpaired) electrons. The molecule has 19 heavy (non-hydrogen) atoms. The molecule has 0 aromatic heterocycles. The van der Waals surface area contributed by atoms with E-state index in [2.05, 4.69) is 31.2 Å². The Morgan fingerprint density at radius 2 is 2.11 bits per heavy atom. The summed E-state index contributed by atoms with van der Waals surface area (Å²) in [7, 11) is 0. The number of amidine groups is 1. The number of benzene rings is 1. The molecule has 3 unspecified atom stereocenters. The molecule has 1 fully saturated rings. The Balaban J connectivity index is 2.03. The van der Waals surface area contributed by atoms with Crippen molar-refractivity contribution < 1.29 is 0 Å². The lowest BCUT2D eigenvalue weighted by Crippen LogP contribution is -2.19. The Bertz CT molecular complexity index is 404. The molecular weight excluding hydrogens is 252 g/mol. The molecular formula is C16H24N2S. The number of thioether (sulfide) groups is 1. The van der Waals surface area contributed by atoms with Gasteiger partial charge in [0.05, 0.1) is 5.84 Å². The SMILES string of the molecule is CC1CCCC(SC(CC(=N)N)c2ccccc2)C1. The third-order valence-electron chi connectivity index (χ3n) is 3.82. The summed E-state index contributed by atoms with van der Waals surface area (Å²) in [5, 5.41) is 8.67. The fraction of sp³-hybridized carbons (Fsp3) is 0.562. The maximum absolute atomic E-state index is 7.60. The first-order chi connectivity index (χ1) is 9.15. The second-order valence-electron chi connectivity index (χ2n) is 5.66. The Labute approximate surface area is 120 Å². The second-order valence-corrected chi connectivity index (χ2v) is 7.17. The van der Waals surface area contributed by atoms with Gasteiger partial charge >= 0.3 is 0 Å². The third kappa shape index (κ3) is 4.57. The van der Waals surface area contributed by atoms with Gasteiger partial charge in [-0.15, -0.1) is 11.8 Å². The molecule has 1 aliphatic carbocycles. The van der Waals surface area contributed by atoms with E-state index >= 15 is 0 Å². The molecule has 0 saturated heterocycles. The maximum Gasteiger partial charge on any atom is 0.0919 e. The van der Waals surface area contributed by atoms with Gasteiger partial charge in [-0.25, -0.2) is 0 Å². The summed E-state index contributed by atoms with van der Waals surface area (Å²) in [4.78, 5) is 0. The highest BCUT2D eigenvalue weighted by molar-refractivity contribution is 8.00. The van der Waals surface area contributed by atoms with Crippen LogP contribution in [0.25, 0.3) is 0 Å². The zero-order valence-electron chi connectivity index (χ0n) is 11.6. The number of rotatable bonds is 5. The first-order valence-corrected chi connectivity index (χ1v) is 8.12. The van der Waals surface area contributed by atoms with Crippen LogP contribution in [0.15, 0.2) is 30.3 Å². The predicted octanol–water partition coefficient (Wildman–Crippen LogP) is 4.37. The molecule has 3 atom stereocenters. The van der Waals surface area contributed by atoms with E-state index in [0.29, 0.717) is 17.5 Å². The van der Waals surface area contributed by atoms with E-state index in [4.69, 9.17) is 11.1 Å². The van der Waals surface area contributed by atoms with Gasteiger partial charge in [0, 0.05) is 16.9 Å². The van der Waals surface area contributed by atoms with Crippen molar-refractivity contribution in [3.63, 3.8) is 0 Å². The summed E-state index contributed by atoms with van der Waals surface area (Å²) in [6.07, 6.45) is 6.02. The van der Waals surface area contributed by atoms with E-state index in [0.717, 1.165) is 11.2 Å². The van der Waals surface area contributed by atoms with Crippen LogP contribution in [0.5, 0.6) is 0 Å². The van der Waals surface area contributed by atoms with Crippen LogP contribution in [0.3, 0.4) is 0 Å². The van der Waals surface area contributed by atoms with Gasteiger partial charge in [-0.2, -0.15) is 0 Å². The monoisotopic (exact) mass is 276 g/mol. The molecule has 1 aliphatic rings. The molecule has 0 bridgehead atoms. The quantitative estimate of drug-likeness (QED) is 0.620. The van der Waals surface area contributed by atoms with Crippen LogP contribution in [0.1, 0.15) is 49.8 Å². The van der Waals surface area contributed by atoms with Crippen molar-refractivity contribution in [1.82, 2.24) is 0 Å². The predicted molar refractivity (Wildman–Crippen MR) is 84.7 cm³/mol. The first-order valence-electron chi connectivity index (χ1n) is 7.18. The zero-order valence-corrected chi connectivity index (χ0v) is 12.5. The van der Waals surface area contributed by atoms with Crippen molar-refractivity contribution in [2.24, 2.45) is 11.7 Å². The lowest BCUT2D eigenvalue weighted by molar-refractivity contribution is 0.393. The molecule has 0 spiro atoms. The molecule has 0 heterocycles. The summed E-state index contributed by atoms with van der Waals surface area (Å²) < 4.78 is 0. The average molecular weight is 276 g/mol. The maximum atomic E-state index is 7.60. The van der Waals surface area contributed by atoms with Crippen LogP contribution in [-0.4, -0.2) is 11.1 Å². The van der Waals surface area contributed by atoms with Crippen LogP contribution < -0.4 is 5.73 Å². The average Bonchev–Trinajstić information content (AvgIpc) is 2.38. The Kier molecular flexibility index (Phi) is 5.32. The number of nitrogens with one attached hydrogen (secondary N) is 1. The molecule has 0 aliphatic heterocycles.